The van der Waals surface area contributed by atoms with Crippen molar-refractivity contribution in [2.75, 3.05) is 6.54 Å². The first kappa shape index (κ1) is 15.7. The minimum absolute atomic E-state index is 0.0606. The maximum Gasteiger partial charge on any atom is 0.0940 e. The van der Waals surface area contributed by atoms with Crippen LogP contribution in [0.15, 0.2) is 54.6 Å². The summed E-state index contributed by atoms with van der Waals surface area (Å²) in [6.07, 6.45) is 1.70. The van der Waals surface area contributed by atoms with Crippen LogP contribution in [-0.4, -0.2) is 17.7 Å². The molecule has 2 unspecified atom stereocenters. The van der Waals surface area contributed by atoms with Crippen LogP contribution in [0.25, 0.3) is 0 Å². The topological polar surface area (TPSA) is 32.3 Å². The first-order valence-corrected chi connectivity index (χ1v) is 7.69. The summed E-state index contributed by atoms with van der Waals surface area (Å²) in [6.45, 7) is 5.06. The lowest BCUT2D eigenvalue weighted by molar-refractivity contribution is 0.136. The van der Waals surface area contributed by atoms with Gasteiger partial charge in [-0.05, 0) is 44.4 Å². The van der Waals surface area contributed by atoms with E-state index >= 15 is 0 Å². The normalized spacial score (nSPS) is 13.9. The molecule has 0 aliphatic rings. The van der Waals surface area contributed by atoms with E-state index in [9.17, 15) is 5.11 Å². The Morgan fingerprint density at radius 2 is 1.67 bits per heavy atom. The number of rotatable bonds is 7. The molecule has 0 spiro atoms. The highest BCUT2D eigenvalue weighted by atomic mass is 16.3. The van der Waals surface area contributed by atoms with E-state index in [0.29, 0.717) is 0 Å². The summed E-state index contributed by atoms with van der Waals surface area (Å²) in [4.78, 5) is 0. The van der Waals surface area contributed by atoms with Crippen LogP contribution in [0, 0.1) is 6.92 Å². The quantitative estimate of drug-likeness (QED) is 0.760. The average Bonchev–Trinajstić information content (AvgIpc) is 2.53. The van der Waals surface area contributed by atoms with Gasteiger partial charge < -0.3 is 10.4 Å². The van der Waals surface area contributed by atoms with Gasteiger partial charge in [-0.1, -0.05) is 60.2 Å². The van der Waals surface area contributed by atoms with Crippen molar-refractivity contribution < 1.29 is 5.11 Å². The highest BCUT2D eigenvalue weighted by molar-refractivity contribution is 5.21. The minimum Gasteiger partial charge on any atom is -0.387 e. The second-order valence-corrected chi connectivity index (χ2v) is 5.69. The predicted octanol–water partition coefficient (Wildman–Crippen LogP) is 3.64. The van der Waals surface area contributed by atoms with Gasteiger partial charge in [-0.15, -0.1) is 0 Å². The number of aliphatic hydroxyl groups excluding tert-OH is 1. The van der Waals surface area contributed by atoms with Gasteiger partial charge in [-0.25, -0.2) is 0 Å². The van der Waals surface area contributed by atoms with Crippen molar-refractivity contribution in [1.82, 2.24) is 5.32 Å². The number of aliphatic hydroxyl groups is 1. The van der Waals surface area contributed by atoms with Gasteiger partial charge in [-0.2, -0.15) is 0 Å². The van der Waals surface area contributed by atoms with E-state index in [4.69, 9.17) is 0 Å². The lowest BCUT2D eigenvalue weighted by atomic mass is 10.0. The molecular weight excluding hydrogens is 258 g/mol. The fraction of sp³-hybridized carbons (Fsp3) is 0.368. The first-order valence-electron chi connectivity index (χ1n) is 7.69. The summed E-state index contributed by atoms with van der Waals surface area (Å²) in [5.41, 5.74) is 3.64. The smallest absolute Gasteiger partial charge is 0.0940 e. The number of aryl methyl sites for hydroxylation is 2. The Morgan fingerprint density at radius 3 is 2.33 bits per heavy atom. The summed E-state index contributed by atoms with van der Waals surface area (Å²) in [5, 5.41) is 13.7. The van der Waals surface area contributed by atoms with Crippen LogP contribution in [0.2, 0.25) is 0 Å². The Bertz CT molecular complexity index is 521. The van der Waals surface area contributed by atoms with Gasteiger partial charge in [-0.3, -0.25) is 0 Å². The van der Waals surface area contributed by atoms with Crippen LogP contribution in [0.5, 0.6) is 0 Å². The Kier molecular flexibility index (Phi) is 5.97. The van der Waals surface area contributed by atoms with Crippen molar-refractivity contribution in [1.29, 1.82) is 0 Å². The summed E-state index contributed by atoms with van der Waals surface area (Å²) in [7, 11) is 0. The summed E-state index contributed by atoms with van der Waals surface area (Å²) in [6, 6.07) is 18.6. The van der Waals surface area contributed by atoms with E-state index in [1.165, 1.54) is 11.1 Å². The second-order valence-electron chi connectivity index (χ2n) is 5.69. The van der Waals surface area contributed by atoms with Crippen molar-refractivity contribution in [3.63, 3.8) is 0 Å². The highest BCUT2D eigenvalue weighted by Gasteiger charge is 2.14. The molecule has 0 aliphatic carbocycles. The first-order chi connectivity index (χ1) is 10.2. The van der Waals surface area contributed by atoms with Gasteiger partial charge in [0.05, 0.1) is 6.10 Å². The van der Waals surface area contributed by atoms with Gasteiger partial charge in [0.25, 0.3) is 0 Å². The fourth-order valence-corrected chi connectivity index (χ4v) is 2.43. The molecule has 0 saturated carbocycles. The molecule has 2 aromatic carbocycles. The molecule has 0 amide bonds. The zero-order chi connectivity index (χ0) is 15.1. The highest BCUT2D eigenvalue weighted by Crippen LogP contribution is 2.16. The third-order valence-electron chi connectivity index (χ3n) is 3.84. The second kappa shape index (κ2) is 7.96. The van der Waals surface area contributed by atoms with Crippen LogP contribution in [0.3, 0.4) is 0 Å². The van der Waals surface area contributed by atoms with Gasteiger partial charge in [0, 0.05) is 6.04 Å². The maximum atomic E-state index is 10.3. The monoisotopic (exact) mass is 283 g/mol. The van der Waals surface area contributed by atoms with Crippen LogP contribution in [-0.2, 0) is 6.42 Å². The van der Waals surface area contributed by atoms with Crippen LogP contribution in [0.4, 0.5) is 0 Å². The molecule has 0 heterocycles. The van der Waals surface area contributed by atoms with Crippen molar-refractivity contribution >= 4 is 0 Å². The molecule has 2 aromatic rings. The predicted molar refractivity (Wildman–Crippen MR) is 88.4 cm³/mol. The van der Waals surface area contributed by atoms with Crippen molar-refractivity contribution in [2.24, 2.45) is 0 Å². The molecule has 2 heteroatoms. The average molecular weight is 283 g/mol. The van der Waals surface area contributed by atoms with E-state index in [2.05, 4.69) is 36.5 Å². The standard InChI is InChI=1S/C19H25NO/c1-15-10-12-17(13-11-15)7-6-14-20-16(2)19(21)18-8-4-3-5-9-18/h3-5,8-13,16,19-21H,6-7,14H2,1-2H3. The molecule has 0 aromatic heterocycles. The molecule has 0 bridgehead atoms. The molecule has 0 saturated heterocycles. The van der Waals surface area contributed by atoms with Crippen LogP contribution in [0.1, 0.15) is 36.1 Å². The van der Waals surface area contributed by atoms with E-state index in [-0.39, 0.29) is 6.04 Å². The van der Waals surface area contributed by atoms with Crippen molar-refractivity contribution in [2.45, 2.75) is 38.8 Å². The summed E-state index contributed by atoms with van der Waals surface area (Å²) >= 11 is 0. The van der Waals surface area contributed by atoms with E-state index in [0.717, 1.165) is 24.9 Å². The number of hydrogen-bond acceptors (Lipinski definition) is 2. The van der Waals surface area contributed by atoms with Crippen LogP contribution >= 0.6 is 0 Å². The Hall–Kier alpha value is -1.64. The Balaban J connectivity index is 1.72. The number of hydrogen-bond donors (Lipinski definition) is 2. The number of benzene rings is 2. The van der Waals surface area contributed by atoms with Crippen molar-refractivity contribution in [3.8, 4) is 0 Å². The zero-order valence-electron chi connectivity index (χ0n) is 12.9. The molecule has 2 nitrogen and oxygen atoms in total. The molecule has 0 aliphatic heterocycles. The lowest BCUT2D eigenvalue weighted by Crippen LogP contribution is -2.33. The Labute approximate surface area is 127 Å². The largest absolute Gasteiger partial charge is 0.387 e. The summed E-state index contributed by atoms with van der Waals surface area (Å²) in [5.74, 6) is 0. The third kappa shape index (κ3) is 5.00. The van der Waals surface area contributed by atoms with E-state index < -0.39 is 6.10 Å². The van der Waals surface area contributed by atoms with Gasteiger partial charge in [0.2, 0.25) is 0 Å². The SMILES string of the molecule is Cc1ccc(CCCNC(C)C(O)c2ccccc2)cc1. The fourth-order valence-electron chi connectivity index (χ4n) is 2.43. The molecule has 2 atom stereocenters. The minimum atomic E-state index is -0.453. The summed E-state index contributed by atoms with van der Waals surface area (Å²) < 4.78 is 0. The van der Waals surface area contributed by atoms with Crippen LogP contribution < -0.4 is 5.32 Å². The Morgan fingerprint density at radius 1 is 1.00 bits per heavy atom. The molecule has 2 rings (SSSR count). The van der Waals surface area contributed by atoms with Crippen molar-refractivity contribution in [3.05, 3.63) is 71.3 Å². The van der Waals surface area contributed by atoms with Gasteiger partial charge in [0.1, 0.15) is 0 Å². The molecule has 21 heavy (non-hydrogen) atoms. The molecule has 112 valence electrons. The van der Waals surface area contributed by atoms with E-state index in [1.807, 2.05) is 37.3 Å². The molecule has 0 fully saturated rings. The van der Waals surface area contributed by atoms with E-state index in [1.54, 1.807) is 0 Å². The van der Waals surface area contributed by atoms with Gasteiger partial charge >= 0.3 is 0 Å². The zero-order valence-corrected chi connectivity index (χ0v) is 12.9. The maximum absolute atomic E-state index is 10.3. The number of nitrogens with one attached hydrogen (secondary N) is 1. The molecular formula is C19H25NO. The lowest BCUT2D eigenvalue weighted by Gasteiger charge is -2.20. The third-order valence-corrected chi connectivity index (χ3v) is 3.84. The van der Waals surface area contributed by atoms with Gasteiger partial charge in [0.15, 0.2) is 0 Å². The molecule has 0 radical (unpaired) electrons. The molecule has 2 N–H and O–H groups in total.